The van der Waals surface area contributed by atoms with Gasteiger partial charge < -0.3 is 9.47 Å². The maximum absolute atomic E-state index is 5.51. The summed E-state index contributed by atoms with van der Waals surface area (Å²) >= 11 is 0. The Kier molecular flexibility index (Phi) is 4.66. The van der Waals surface area contributed by atoms with Crippen molar-refractivity contribution in [3.8, 4) is 22.8 Å². The van der Waals surface area contributed by atoms with Crippen molar-refractivity contribution in [3.63, 3.8) is 0 Å². The maximum atomic E-state index is 5.51. The number of aromatic nitrogens is 3. The summed E-state index contributed by atoms with van der Waals surface area (Å²) in [7, 11) is 3.28. The Balaban J connectivity index is 1.95. The first-order valence-corrected chi connectivity index (χ1v) is 8.65. The molecule has 0 spiro atoms. The average molecular weight is 357 g/mol. The number of hydrogen-bond acceptors (Lipinski definition) is 5. The van der Waals surface area contributed by atoms with E-state index >= 15 is 0 Å². The van der Waals surface area contributed by atoms with Crippen molar-refractivity contribution in [1.29, 1.82) is 0 Å². The first kappa shape index (κ1) is 17.0. The molecule has 27 heavy (non-hydrogen) atoms. The average Bonchev–Trinajstić information content (AvgIpc) is 2.74. The summed E-state index contributed by atoms with van der Waals surface area (Å²) in [5, 5.41) is 11.1. The molecule has 0 fully saturated rings. The third-order valence-corrected chi connectivity index (χ3v) is 4.53. The normalized spacial score (nSPS) is 10.7. The first-order valence-electron chi connectivity index (χ1n) is 8.65. The van der Waals surface area contributed by atoms with Crippen LogP contribution in [0.25, 0.3) is 22.0 Å². The largest absolute Gasteiger partial charge is 0.493 e. The van der Waals surface area contributed by atoms with E-state index in [1.165, 1.54) is 0 Å². The molecule has 0 unspecified atom stereocenters. The number of nitrogens with zero attached hydrogens (tertiary/aromatic N) is 3. The molecular formula is C22H19N3O2. The molecule has 0 aliphatic carbocycles. The molecule has 2 aromatic heterocycles. The third kappa shape index (κ3) is 3.31. The van der Waals surface area contributed by atoms with Gasteiger partial charge in [0, 0.05) is 35.2 Å². The van der Waals surface area contributed by atoms with Gasteiger partial charge in [0.2, 0.25) is 0 Å². The highest BCUT2D eigenvalue weighted by atomic mass is 16.5. The van der Waals surface area contributed by atoms with Crippen molar-refractivity contribution in [1.82, 2.24) is 15.2 Å². The number of pyridine rings is 1. The number of benzene rings is 2. The molecule has 0 aliphatic heterocycles. The smallest absolute Gasteiger partial charge is 0.161 e. The van der Waals surface area contributed by atoms with Crippen molar-refractivity contribution in [2.24, 2.45) is 0 Å². The van der Waals surface area contributed by atoms with Crippen molar-refractivity contribution < 1.29 is 9.47 Å². The zero-order chi connectivity index (χ0) is 18.6. The molecule has 0 radical (unpaired) electrons. The quantitative estimate of drug-likeness (QED) is 0.533. The van der Waals surface area contributed by atoms with Crippen LogP contribution in [0, 0.1) is 0 Å². The lowest BCUT2D eigenvalue weighted by Crippen LogP contribution is -2.01. The van der Waals surface area contributed by atoms with Crippen LogP contribution in [0.15, 0.2) is 67.0 Å². The number of methoxy groups -OCH3 is 2. The summed E-state index contributed by atoms with van der Waals surface area (Å²) in [5.74, 6) is 1.35. The van der Waals surface area contributed by atoms with Crippen LogP contribution in [0.3, 0.4) is 0 Å². The van der Waals surface area contributed by atoms with Gasteiger partial charge in [-0.05, 0) is 29.8 Å². The molecule has 0 N–H and O–H groups in total. The van der Waals surface area contributed by atoms with E-state index in [0.717, 1.165) is 33.3 Å². The minimum atomic E-state index is 0.663. The van der Waals surface area contributed by atoms with E-state index in [1.807, 2.05) is 54.6 Å². The second-order valence-corrected chi connectivity index (χ2v) is 6.15. The van der Waals surface area contributed by atoms with E-state index in [1.54, 1.807) is 26.6 Å². The van der Waals surface area contributed by atoms with E-state index < -0.39 is 0 Å². The lowest BCUT2D eigenvalue weighted by atomic mass is 10.00. The molecular weight excluding hydrogens is 338 g/mol. The number of rotatable bonds is 5. The van der Waals surface area contributed by atoms with Crippen LogP contribution in [0.5, 0.6) is 11.5 Å². The van der Waals surface area contributed by atoms with Crippen LogP contribution in [-0.4, -0.2) is 29.4 Å². The standard InChI is InChI=1S/C22H19N3O2/c1-26-20-13-17-18(14-21(20)27-2)22(16-6-4-3-5-7-16)25-24-19(17)12-15-8-10-23-11-9-15/h3-11,13-14H,12H2,1-2H3. The van der Waals surface area contributed by atoms with E-state index in [9.17, 15) is 0 Å². The van der Waals surface area contributed by atoms with Crippen LogP contribution >= 0.6 is 0 Å². The topological polar surface area (TPSA) is 57.1 Å². The van der Waals surface area contributed by atoms with Crippen molar-refractivity contribution >= 4 is 10.8 Å². The fourth-order valence-corrected chi connectivity index (χ4v) is 3.17. The minimum Gasteiger partial charge on any atom is -0.493 e. The van der Waals surface area contributed by atoms with E-state index in [2.05, 4.69) is 15.2 Å². The predicted molar refractivity (Wildman–Crippen MR) is 105 cm³/mol. The molecule has 0 bridgehead atoms. The molecule has 0 saturated carbocycles. The molecule has 0 amide bonds. The Morgan fingerprint density at radius 1 is 0.778 bits per heavy atom. The SMILES string of the molecule is COc1cc2c(Cc3ccncc3)nnc(-c3ccccc3)c2cc1OC. The lowest BCUT2D eigenvalue weighted by molar-refractivity contribution is 0.356. The van der Waals surface area contributed by atoms with Gasteiger partial charge in [0.1, 0.15) is 5.69 Å². The summed E-state index contributed by atoms with van der Waals surface area (Å²) < 4.78 is 11.0. The highest BCUT2D eigenvalue weighted by molar-refractivity contribution is 5.97. The van der Waals surface area contributed by atoms with Crippen LogP contribution in [-0.2, 0) is 6.42 Å². The Morgan fingerprint density at radius 3 is 2.11 bits per heavy atom. The van der Waals surface area contributed by atoms with Crippen molar-refractivity contribution in [2.75, 3.05) is 14.2 Å². The van der Waals surface area contributed by atoms with Crippen molar-refractivity contribution in [2.45, 2.75) is 6.42 Å². The predicted octanol–water partition coefficient (Wildman–Crippen LogP) is 4.30. The fraction of sp³-hybridized carbons (Fsp3) is 0.136. The monoisotopic (exact) mass is 357 g/mol. The fourth-order valence-electron chi connectivity index (χ4n) is 3.17. The Morgan fingerprint density at radius 2 is 1.44 bits per heavy atom. The first-order chi connectivity index (χ1) is 13.3. The lowest BCUT2D eigenvalue weighted by Gasteiger charge is -2.14. The Hall–Kier alpha value is -3.47. The second kappa shape index (κ2) is 7.41. The second-order valence-electron chi connectivity index (χ2n) is 6.15. The van der Waals surface area contributed by atoms with Gasteiger partial charge in [0.25, 0.3) is 0 Å². The number of ether oxygens (including phenoxy) is 2. The van der Waals surface area contributed by atoms with Gasteiger partial charge in [0.05, 0.1) is 19.9 Å². The molecule has 0 atom stereocenters. The Labute approximate surface area is 157 Å². The van der Waals surface area contributed by atoms with E-state index in [4.69, 9.17) is 9.47 Å². The van der Waals surface area contributed by atoms with Gasteiger partial charge in [-0.25, -0.2) is 0 Å². The minimum absolute atomic E-state index is 0.663. The molecule has 4 aromatic rings. The zero-order valence-corrected chi connectivity index (χ0v) is 15.2. The van der Waals surface area contributed by atoms with Gasteiger partial charge in [0.15, 0.2) is 11.5 Å². The van der Waals surface area contributed by atoms with Gasteiger partial charge in [-0.1, -0.05) is 30.3 Å². The molecule has 5 heteroatoms. The summed E-state index contributed by atoms with van der Waals surface area (Å²) in [6.07, 6.45) is 4.23. The van der Waals surface area contributed by atoms with Crippen LogP contribution in [0.1, 0.15) is 11.3 Å². The molecule has 5 nitrogen and oxygen atoms in total. The highest BCUT2D eigenvalue weighted by Gasteiger charge is 2.16. The number of fused-ring (bicyclic) bond motifs is 1. The summed E-state index contributed by atoms with van der Waals surface area (Å²) in [6.45, 7) is 0. The molecule has 0 saturated heterocycles. The van der Waals surface area contributed by atoms with Gasteiger partial charge in [-0.15, -0.1) is 5.10 Å². The van der Waals surface area contributed by atoms with Crippen LogP contribution in [0.2, 0.25) is 0 Å². The molecule has 2 aromatic carbocycles. The third-order valence-electron chi connectivity index (χ3n) is 4.53. The summed E-state index contributed by atoms with van der Waals surface area (Å²) in [6, 6.07) is 18.0. The van der Waals surface area contributed by atoms with Crippen LogP contribution in [0.4, 0.5) is 0 Å². The van der Waals surface area contributed by atoms with Gasteiger partial charge in [-0.2, -0.15) is 5.10 Å². The van der Waals surface area contributed by atoms with Gasteiger partial charge in [-0.3, -0.25) is 4.98 Å². The molecule has 134 valence electrons. The van der Waals surface area contributed by atoms with Gasteiger partial charge >= 0.3 is 0 Å². The maximum Gasteiger partial charge on any atom is 0.161 e. The molecule has 2 heterocycles. The zero-order valence-electron chi connectivity index (χ0n) is 15.2. The van der Waals surface area contributed by atoms with Crippen molar-refractivity contribution in [3.05, 3.63) is 78.2 Å². The summed E-state index contributed by atoms with van der Waals surface area (Å²) in [4.78, 5) is 4.08. The van der Waals surface area contributed by atoms with E-state index in [-0.39, 0.29) is 0 Å². The molecule has 4 rings (SSSR count). The molecule has 0 aliphatic rings. The van der Waals surface area contributed by atoms with E-state index in [0.29, 0.717) is 17.9 Å². The summed E-state index contributed by atoms with van der Waals surface area (Å²) in [5.41, 5.74) is 3.85. The Bertz CT molecular complexity index is 1070. The highest BCUT2D eigenvalue weighted by Crippen LogP contribution is 2.37. The number of hydrogen-bond donors (Lipinski definition) is 0. The van der Waals surface area contributed by atoms with Crippen LogP contribution < -0.4 is 9.47 Å².